The molecule has 1 saturated carbocycles. The molecule has 0 radical (unpaired) electrons. The Bertz CT molecular complexity index is 531. The summed E-state index contributed by atoms with van der Waals surface area (Å²) in [6, 6.07) is 3.33. The van der Waals surface area contributed by atoms with E-state index in [0.717, 1.165) is 12.2 Å². The SMILES string of the molecule is CC1CC1C(=O)N1CSCC1C(=O)N(C)Cc1ccco1. The quantitative estimate of drug-likeness (QED) is 0.851. The lowest BCUT2D eigenvalue weighted by molar-refractivity contribution is -0.143. The largest absolute Gasteiger partial charge is 0.467 e. The van der Waals surface area contributed by atoms with Gasteiger partial charge in [-0.25, -0.2) is 0 Å². The van der Waals surface area contributed by atoms with Crippen molar-refractivity contribution >= 4 is 23.6 Å². The summed E-state index contributed by atoms with van der Waals surface area (Å²) in [6.07, 6.45) is 2.56. The Labute approximate surface area is 128 Å². The summed E-state index contributed by atoms with van der Waals surface area (Å²) in [5.41, 5.74) is 0. The highest BCUT2D eigenvalue weighted by Gasteiger charge is 2.46. The van der Waals surface area contributed by atoms with E-state index in [1.165, 1.54) is 0 Å². The van der Waals surface area contributed by atoms with Gasteiger partial charge in [0.2, 0.25) is 11.8 Å². The van der Waals surface area contributed by atoms with Crippen LogP contribution in [0, 0.1) is 11.8 Å². The predicted molar refractivity (Wildman–Crippen MR) is 80.4 cm³/mol. The molecular weight excluding hydrogens is 288 g/mol. The fourth-order valence-corrected chi connectivity index (χ4v) is 3.87. The van der Waals surface area contributed by atoms with Crippen molar-refractivity contribution in [1.29, 1.82) is 0 Å². The number of amides is 2. The summed E-state index contributed by atoms with van der Waals surface area (Å²) < 4.78 is 5.27. The molecule has 1 aromatic rings. The van der Waals surface area contributed by atoms with Gasteiger partial charge in [-0.3, -0.25) is 9.59 Å². The first-order chi connectivity index (χ1) is 10.1. The van der Waals surface area contributed by atoms with Crippen LogP contribution in [-0.4, -0.2) is 46.3 Å². The lowest BCUT2D eigenvalue weighted by Crippen LogP contribution is -2.48. The third-order valence-electron chi connectivity index (χ3n) is 4.23. The van der Waals surface area contributed by atoms with Crippen LogP contribution in [0.4, 0.5) is 0 Å². The molecule has 5 nitrogen and oxygen atoms in total. The Morgan fingerprint density at radius 2 is 2.29 bits per heavy atom. The van der Waals surface area contributed by atoms with E-state index in [9.17, 15) is 9.59 Å². The van der Waals surface area contributed by atoms with E-state index in [2.05, 4.69) is 6.92 Å². The number of rotatable bonds is 4. The molecule has 3 unspecified atom stereocenters. The molecule has 1 aliphatic carbocycles. The molecule has 1 aliphatic heterocycles. The summed E-state index contributed by atoms with van der Waals surface area (Å²) in [5.74, 6) is 2.83. The van der Waals surface area contributed by atoms with Crippen LogP contribution in [0.15, 0.2) is 22.8 Å². The second-order valence-electron chi connectivity index (χ2n) is 5.92. The summed E-state index contributed by atoms with van der Waals surface area (Å²) >= 11 is 1.65. The van der Waals surface area contributed by atoms with Crippen molar-refractivity contribution < 1.29 is 14.0 Å². The fraction of sp³-hybridized carbons (Fsp3) is 0.600. The number of nitrogens with zero attached hydrogens (tertiary/aromatic N) is 2. The normalized spacial score (nSPS) is 27.7. The first-order valence-corrected chi connectivity index (χ1v) is 8.39. The summed E-state index contributed by atoms with van der Waals surface area (Å²) in [5, 5.41) is 0. The number of carbonyl (C=O) groups excluding carboxylic acids is 2. The van der Waals surface area contributed by atoms with Gasteiger partial charge in [0.25, 0.3) is 0 Å². The molecule has 6 heteroatoms. The molecule has 0 aromatic carbocycles. The molecule has 1 saturated heterocycles. The molecular formula is C15H20N2O3S. The summed E-state index contributed by atoms with van der Waals surface area (Å²) in [6.45, 7) is 2.53. The Kier molecular flexibility index (Phi) is 3.97. The molecule has 0 spiro atoms. The third kappa shape index (κ3) is 2.95. The highest BCUT2D eigenvalue weighted by Crippen LogP contribution is 2.41. The Morgan fingerprint density at radius 1 is 1.52 bits per heavy atom. The molecule has 2 heterocycles. The van der Waals surface area contributed by atoms with Crippen molar-refractivity contribution in [2.75, 3.05) is 18.7 Å². The maximum atomic E-state index is 12.6. The van der Waals surface area contributed by atoms with Gasteiger partial charge in [-0.05, 0) is 24.5 Å². The topological polar surface area (TPSA) is 53.8 Å². The van der Waals surface area contributed by atoms with Crippen LogP contribution < -0.4 is 0 Å². The molecule has 3 rings (SSSR count). The second kappa shape index (κ2) is 5.75. The van der Waals surface area contributed by atoms with Gasteiger partial charge < -0.3 is 14.2 Å². The number of thioether (sulfide) groups is 1. The zero-order valence-corrected chi connectivity index (χ0v) is 13.1. The minimum absolute atomic E-state index is 0.00180. The van der Waals surface area contributed by atoms with Gasteiger partial charge in [-0.1, -0.05) is 6.92 Å². The van der Waals surface area contributed by atoms with E-state index in [4.69, 9.17) is 4.42 Å². The van der Waals surface area contributed by atoms with Crippen LogP contribution in [0.25, 0.3) is 0 Å². The van der Waals surface area contributed by atoms with Crippen LogP contribution >= 0.6 is 11.8 Å². The van der Waals surface area contributed by atoms with E-state index >= 15 is 0 Å². The fourth-order valence-electron chi connectivity index (χ4n) is 2.71. The number of hydrogen-bond acceptors (Lipinski definition) is 4. The van der Waals surface area contributed by atoms with Crippen molar-refractivity contribution in [3.63, 3.8) is 0 Å². The molecule has 2 fully saturated rings. The summed E-state index contributed by atoms with van der Waals surface area (Å²) in [4.78, 5) is 28.4. The van der Waals surface area contributed by atoms with Crippen molar-refractivity contribution in [3.05, 3.63) is 24.2 Å². The van der Waals surface area contributed by atoms with Gasteiger partial charge in [-0.2, -0.15) is 0 Å². The lowest BCUT2D eigenvalue weighted by Gasteiger charge is -2.27. The highest BCUT2D eigenvalue weighted by atomic mass is 32.2. The Hall–Kier alpha value is -1.43. The van der Waals surface area contributed by atoms with Crippen molar-refractivity contribution in [2.45, 2.75) is 25.9 Å². The van der Waals surface area contributed by atoms with Gasteiger partial charge in [0.1, 0.15) is 11.8 Å². The van der Waals surface area contributed by atoms with Crippen LogP contribution in [-0.2, 0) is 16.1 Å². The second-order valence-corrected chi connectivity index (χ2v) is 6.92. The first kappa shape index (κ1) is 14.5. The predicted octanol–water partition coefficient (Wildman–Crippen LogP) is 1.80. The highest BCUT2D eigenvalue weighted by molar-refractivity contribution is 7.99. The van der Waals surface area contributed by atoms with Crippen molar-refractivity contribution in [2.24, 2.45) is 11.8 Å². The van der Waals surface area contributed by atoms with Crippen molar-refractivity contribution in [3.8, 4) is 0 Å². The average Bonchev–Trinajstić information content (AvgIpc) is 2.90. The molecule has 2 aliphatic rings. The molecule has 21 heavy (non-hydrogen) atoms. The Balaban J connectivity index is 1.63. The van der Waals surface area contributed by atoms with E-state index in [-0.39, 0.29) is 23.8 Å². The lowest BCUT2D eigenvalue weighted by atomic mass is 10.2. The number of hydrogen-bond donors (Lipinski definition) is 0. The maximum absolute atomic E-state index is 12.6. The molecule has 0 N–H and O–H groups in total. The van der Waals surface area contributed by atoms with Gasteiger partial charge in [-0.15, -0.1) is 11.8 Å². The number of carbonyl (C=O) groups is 2. The zero-order chi connectivity index (χ0) is 15.0. The van der Waals surface area contributed by atoms with Crippen LogP contribution in [0.1, 0.15) is 19.1 Å². The van der Waals surface area contributed by atoms with Gasteiger partial charge in [0.05, 0.1) is 18.7 Å². The number of likely N-dealkylation sites (N-methyl/N-ethyl adjacent to an activating group) is 1. The Morgan fingerprint density at radius 3 is 2.90 bits per heavy atom. The van der Waals surface area contributed by atoms with E-state index < -0.39 is 0 Å². The van der Waals surface area contributed by atoms with E-state index in [0.29, 0.717) is 24.1 Å². The van der Waals surface area contributed by atoms with Crippen LogP contribution in [0.2, 0.25) is 0 Å². The smallest absolute Gasteiger partial charge is 0.246 e. The minimum atomic E-state index is -0.324. The van der Waals surface area contributed by atoms with Gasteiger partial charge in [0, 0.05) is 18.7 Å². The average molecular weight is 308 g/mol. The van der Waals surface area contributed by atoms with Crippen LogP contribution in [0.3, 0.4) is 0 Å². The van der Waals surface area contributed by atoms with Gasteiger partial charge in [0.15, 0.2) is 0 Å². The molecule has 3 atom stereocenters. The monoisotopic (exact) mass is 308 g/mol. The first-order valence-electron chi connectivity index (χ1n) is 7.23. The molecule has 2 amide bonds. The van der Waals surface area contributed by atoms with Crippen LogP contribution in [0.5, 0.6) is 0 Å². The molecule has 114 valence electrons. The van der Waals surface area contributed by atoms with Crippen molar-refractivity contribution in [1.82, 2.24) is 9.80 Å². The third-order valence-corrected chi connectivity index (χ3v) is 5.24. The number of furan rings is 1. The molecule has 1 aromatic heterocycles. The summed E-state index contributed by atoms with van der Waals surface area (Å²) in [7, 11) is 1.76. The van der Waals surface area contributed by atoms with Gasteiger partial charge >= 0.3 is 0 Å². The zero-order valence-electron chi connectivity index (χ0n) is 12.3. The maximum Gasteiger partial charge on any atom is 0.246 e. The van der Waals surface area contributed by atoms with E-state index in [1.807, 2.05) is 12.1 Å². The minimum Gasteiger partial charge on any atom is -0.467 e. The molecule has 0 bridgehead atoms. The standard InChI is InChI=1S/C15H20N2O3S/c1-10-6-12(10)14(18)17-9-21-8-13(17)15(19)16(2)7-11-4-3-5-20-11/h3-5,10,12-13H,6-9H2,1-2H3. The van der Waals surface area contributed by atoms with E-state index in [1.54, 1.807) is 34.9 Å².